The number of fused-ring (bicyclic) bond motifs is 1. The molecule has 2 heterocycles. The second kappa shape index (κ2) is 9.05. The highest BCUT2D eigenvalue weighted by Gasteiger charge is 2.24. The fraction of sp³-hybridized carbons (Fsp3) is 0.259. The van der Waals surface area contributed by atoms with Gasteiger partial charge in [-0.2, -0.15) is 0 Å². The summed E-state index contributed by atoms with van der Waals surface area (Å²) in [5, 5.41) is 3.05. The molecular weight excluding hydrogens is 483 g/mol. The number of aromatic nitrogens is 1. The number of anilines is 2. The van der Waals surface area contributed by atoms with Crippen LogP contribution in [0.25, 0.3) is 22.1 Å². The van der Waals surface area contributed by atoms with Crippen LogP contribution in [0.2, 0.25) is 0 Å². The zero-order valence-electron chi connectivity index (χ0n) is 20.9. The lowest BCUT2D eigenvalue weighted by Gasteiger charge is -2.19. The van der Waals surface area contributed by atoms with Crippen LogP contribution in [0.5, 0.6) is 0 Å². The molecule has 2 aromatic heterocycles. The van der Waals surface area contributed by atoms with Crippen LogP contribution in [-0.4, -0.2) is 19.2 Å². The van der Waals surface area contributed by atoms with Crippen LogP contribution < -0.4 is 16.5 Å². The standard InChI is InChI=1S/C27H27FN2O5S/c1-14-10-11-21(20(28)12-14)29-24-16(3)27(32)35-25-22(17(4)30(5)26(31)23(24)25)19-9-7-8-18(15(19)2)13-36(6,33)34/h7-12,29H,13H2,1-6H3. The van der Waals surface area contributed by atoms with E-state index in [9.17, 15) is 22.4 Å². The molecule has 4 aromatic rings. The van der Waals surface area contributed by atoms with Gasteiger partial charge in [0.05, 0.1) is 22.7 Å². The van der Waals surface area contributed by atoms with E-state index in [1.54, 1.807) is 58.2 Å². The zero-order chi connectivity index (χ0) is 26.5. The Labute approximate surface area is 208 Å². The fourth-order valence-corrected chi connectivity index (χ4v) is 5.26. The molecule has 9 heteroatoms. The minimum Gasteiger partial charge on any atom is -0.421 e. The normalized spacial score (nSPS) is 11.8. The van der Waals surface area contributed by atoms with E-state index in [2.05, 4.69) is 5.32 Å². The van der Waals surface area contributed by atoms with Crippen LogP contribution >= 0.6 is 0 Å². The molecule has 0 aliphatic carbocycles. The number of nitrogens with zero attached hydrogens (tertiary/aromatic N) is 1. The molecule has 0 saturated carbocycles. The Balaban J connectivity index is 2.10. The summed E-state index contributed by atoms with van der Waals surface area (Å²) in [5.41, 5.74) is 3.06. The van der Waals surface area contributed by atoms with Crippen molar-refractivity contribution in [1.82, 2.24) is 4.57 Å². The number of rotatable bonds is 5. The maximum absolute atomic E-state index is 14.7. The fourth-order valence-electron chi connectivity index (χ4n) is 4.38. The number of pyridine rings is 1. The molecule has 2 aromatic carbocycles. The van der Waals surface area contributed by atoms with Gasteiger partial charge < -0.3 is 14.3 Å². The van der Waals surface area contributed by atoms with Crippen molar-refractivity contribution in [3.63, 3.8) is 0 Å². The molecule has 7 nitrogen and oxygen atoms in total. The molecule has 0 unspecified atom stereocenters. The van der Waals surface area contributed by atoms with Crippen LogP contribution in [0.15, 0.2) is 50.4 Å². The van der Waals surface area contributed by atoms with Crippen LogP contribution in [-0.2, 0) is 22.6 Å². The third-order valence-electron chi connectivity index (χ3n) is 6.48. The molecule has 4 rings (SSSR count). The Morgan fingerprint density at radius 3 is 2.36 bits per heavy atom. The van der Waals surface area contributed by atoms with Crippen molar-refractivity contribution in [3.8, 4) is 11.1 Å². The van der Waals surface area contributed by atoms with Gasteiger partial charge >= 0.3 is 5.63 Å². The molecule has 1 N–H and O–H groups in total. The van der Waals surface area contributed by atoms with Crippen molar-refractivity contribution in [3.05, 3.63) is 90.9 Å². The van der Waals surface area contributed by atoms with Crippen molar-refractivity contribution < 1.29 is 17.2 Å². The molecule has 0 atom stereocenters. The van der Waals surface area contributed by atoms with Crippen LogP contribution in [0, 0.1) is 33.5 Å². The van der Waals surface area contributed by atoms with Gasteiger partial charge in [-0.15, -0.1) is 0 Å². The second-order valence-corrected chi connectivity index (χ2v) is 11.3. The minimum absolute atomic E-state index is 0.0563. The average molecular weight is 511 g/mol. The number of benzene rings is 2. The van der Waals surface area contributed by atoms with Crippen molar-refractivity contribution in [2.24, 2.45) is 7.05 Å². The zero-order valence-corrected chi connectivity index (χ0v) is 21.8. The van der Waals surface area contributed by atoms with Gasteiger partial charge in [-0.3, -0.25) is 4.79 Å². The topological polar surface area (TPSA) is 98.4 Å². The molecule has 0 radical (unpaired) electrons. The molecule has 0 aliphatic rings. The molecule has 0 fully saturated rings. The summed E-state index contributed by atoms with van der Waals surface area (Å²) < 4.78 is 45.8. The number of aryl methyl sites for hydroxylation is 1. The predicted octanol–water partition coefficient (Wildman–Crippen LogP) is 4.82. The highest BCUT2D eigenvalue weighted by atomic mass is 32.2. The first-order valence-corrected chi connectivity index (χ1v) is 13.3. The summed E-state index contributed by atoms with van der Waals surface area (Å²) in [5.74, 6) is -0.679. The lowest BCUT2D eigenvalue weighted by Crippen LogP contribution is -2.23. The molecule has 0 spiro atoms. The molecular formula is C27H27FN2O5S. The maximum Gasteiger partial charge on any atom is 0.341 e. The molecule has 188 valence electrons. The summed E-state index contributed by atoms with van der Waals surface area (Å²) in [7, 11) is -1.70. The smallest absolute Gasteiger partial charge is 0.341 e. The summed E-state index contributed by atoms with van der Waals surface area (Å²) in [6, 6.07) is 9.87. The molecule has 0 aliphatic heterocycles. The molecule has 36 heavy (non-hydrogen) atoms. The van der Waals surface area contributed by atoms with E-state index in [4.69, 9.17) is 4.42 Å². The molecule has 0 bridgehead atoms. The number of halogens is 1. The van der Waals surface area contributed by atoms with E-state index in [1.165, 1.54) is 17.6 Å². The van der Waals surface area contributed by atoms with E-state index < -0.39 is 26.8 Å². The average Bonchev–Trinajstić information content (AvgIpc) is 2.78. The first-order chi connectivity index (χ1) is 16.8. The van der Waals surface area contributed by atoms with E-state index in [0.717, 1.165) is 11.8 Å². The summed E-state index contributed by atoms with van der Waals surface area (Å²) >= 11 is 0. The van der Waals surface area contributed by atoms with Crippen LogP contribution in [0.3, 0.4) is 0 Å². The quantitative estimate of drug-likeness (QED) is 0.413. The van der Waals surface area contributed by atoms with Crippen molar-refractivity contribution in [2.45, 2.75) is 33.4 Å². The van der Waals surface area contributed by atoms with Gasteiger partial charge in [0, 0.05) is 24.6 Å². The summed E-state index contributed by atoms with van der Waals surface area (Å²) in [6.45, 7) is 6.79. The second-order valence-electron chi connectivity index (χ2n) is 9.19. The Morgan fingerprint density at radius 2 is 1.72 bits per heavy atom. The number of hydrogen-bond acceptors (Lipinski definition) is 6. The number of hydrogen-bond donors (Lipinski definition) is 1. The minimum atomic E-state index is -3.30. The largest absolute Gasteiger partial charge is 0.421 e. The van der Waals surface area contributed by atoms with E-state index in [-0.39, 0.29) is 33.7 Å². The number of nitrogens with one attached hydrogen (secondary N) is 1. The summed E-state index contributed by atoms with van der Waals surface area (Å²) in [6.07, 6.45) is 1.16. The van der Waals surface area contributed by atoms with Gasteiger partial charge in [0.25, 0.3) is 5.56 Å². The van der Waals surface area contributed by atoms with E-state index in [1.807, 2.05) is 0 Å². The van der Waals surface area contributed by atoms with Gasteiger partial charge in [-0.05, 0) is 62.1 Å². The predicted molar refractivity (Wildman–Crippen MR) is 140 cm³/mol. The Morgan fingerprint density at radius 1 is 1.03 bits per heavy atom. The van der Waals surface area contributed by atoms with Gasteiger partial charge in [0.1, 0.15) is 11.2 Å². The highest BCUT2D eigenvalue weighted by Crippen LogP contribution is 2.37. The van der Waals surface area contributed by atoms with Gasteiger partial charge in [0.15, 0.2) is 15.4 Å². The molecule has 0 saturated heterocycles. The van der Waals surface area contributed by atoms with Crippen LogP contribution in [0.1, 0.15) is 27.9 Å². The lowest BCUT2D eigenvalue weighted by molar-refractivity contribution is 0.554. The monoisotopic (exact) mass is 510 g/mol. The molecule has 0 amide bonds. The SMILES string of the molecule is Cc1ccc(Nc2c(C)c(=O)oc3c(-c4cccc(CS(C)(=O)=O)c4C)c(C)n(C)c(=O)c23)c(F)c1. The van der Waals surface area contributed by atoms with Gasteiger partial charge in [-0.1, -0.05) is 24.3 Å². The third-order valence-corrected chi connectivity index (χ3v) is 7.32. The van der Waals surface area contributed by atoms with Crippen molar-refractivity contribution in [2.75, 3.05) is 11.6 Å². The van der Waals surface area contributed by atoms with Crippen molar-refractivity contribution in [1.29, 1.82) is 0 Å². The van der Waals surface area contributed by atoms with E-state index in [0.29, 0.717) is 27.9 Å². The Bertz CT molecular complexity index is 1770. The van der Waals surface area contributed by atoms with Crippen molar-refractivity contribution >= 4 is 32.2 Å². The first-order valence-electron chi connectivity index (χ1n) is 11.3. The number of sulfone groups is 1. The third kappa shape index (κ3) is 4.46. The Kier molecular flexibility index (Phi) is 6.38. The summed E-state index contributed by atoms with van der Waals surface area (Å²) in [4.78, 5) is 26.4. The highest BCUT2D eigenvalue weighted by molar-refractivity contribution is 7.89. The van der Waals surface area contributed by atoms with Gasteiger partial charge in [-0.25, -0.2) is 17.6 Å². The lowest BCUT2D eigenvalue weighted by atomic mass is 9.94. The Hall–Kier alpha value is -3.72. The van der Waals surface area contributed by atoms with Gasteiger partial charge in [0.2, 0.25) is 0 Å². The first kappa shape index (κ1) is 25.4. The van der Waals surface area contributed by atoms with E-state index >= 15 is 0 Å². The van der Waals surface area contributed by atoms with Crippen LogP contribution in [0.4, 0.5) is 15.8 Å². The maximum atomic E-state index is 14.7.